The number of nitrogens with one attached hydrogen (secondary N) is 1. The highest BCUT2D eigenvalue weighted by Gasteiger charge is 2.17. The van der Waals surface area contributed by atoms with Crippen molar-refractivity contribution < 1.29 is 4.79 Å². The summed E-state index contributed by atoms with van der Waals surface area (Å²) in [6.07, 6.45) is 3.18. The Bertz CT molecular complexity index is 1490. The highest BCUT2D eigenvalue weighted by molar-refractivity contribution is 6.31. The van der Waals surface area contributed by atoms with Crippen LogP contribution in [0.1, 0.15) is 23.1 Å². The zero-order chi connectivity index (χ0) is 22.9. The van der Waals surface area contributed by atoms with Gasteiger partial charge in [-0.15, -0.1) is 0 Å². The van der Waals surface area contributed by atoms with E-state index in [0.29, 0.717) is 21.7 Å². The zero-order valence-electron chi connectivity index (χ0n) is 17.9. The molecule has 0 radical (unpaired) electrons. The molecular formula is C26H22ClN3O3. The largest absolute Gasteiger partial charge is 0.325 e. The molecule has 4 aromatic rings. The second-order valence-corrected chi connectivity index (χ2v) is 8.72. The van der Waals surface area contributed by atoms with Gasteiger partial charge in [-0.25, -0.2) is 0 Å². The molecule has 1 N–H and O–H groups in total. The number of carbonyl (C=O) groups is 1. The van der Waals surface area contributed by atoms with E-state index in [9.17, 15) is 14.4 Å². The molecule has 0 unspecified atom stereocenters. The van der Waals surface area contributed by atoms with E-state index in [-0.39, 0.29) is 19.0 Å². The van der Waals surface area contributed by atoms with E-state index in [0.717, 1.165) is 24.8 Å². The lowest BCUT2D eigenvalue weighted by molar-refractivity contribution is -0.116. The van der Waals surface area contributed by atoms with Crippen LogP contribution in [0.5, 0.6) is 0 Å². The number of halogens is 1. The molecule has 1 amide bonds. The predicted octanol–water partition coefficient (Wildman–Crippen LogP) is 3.99. The Morgan fingerprint density at radius 3 is 2.42 bits per heavy atom. The quantitative estimate of drug-likeness (QED) is 0.458. The van der Waals surface area contributed by atoms with Crippen molar-refractivity contribution >= 4 is 34.2 Å². The number of fused-ring (bicyclic) bond motifs is 2. The van der Waals surface area contributed by atoms with Crippen molar-refractivity contribution in [3.63, 3.8) is 0 Å². The molecule has 7 heteroatoms. The summed E-state index contributed by atoms with van der Waals surface area (Å²) in [6, 6.07) is 20.3. The molecule has 1 aliphatic rings. The Hall–Kier alpha value is -3.64. The van der Waals surface area contributed by atoms with Gasteiger partial charge in [-0.3, -0.25) is 23.5 Å². The number of hydrogen-bond donors (Lipinski definition) is 1. The first-order valence-electron chi connectivity index (χ1n) is 10.9. The number of aryl methyl sites for hydroxylation is 2. The van der Waals surface area contributed by atoms with Gasteiger partial charge in [0.05, 0.1) is 17.6 Å². The average molecular weight is 460 g/mol. The minimum absolute atomic E-state index is 0.245. The van der Waals surface area contributed by atoms with Gasteiger partial charge in [-0.2, -0.15) is 0 Å². The molecule has 0 bridgehead atoms. The van der Waals surface area contributed by atoms with Gasteiger partial charge in [-0.05, 0) is 66.3 Å². The van der Waals surface area contributed by atoms with Crippen LogP contribution in [-0.4, -0.2) is 15.0 Å². The summed E-state index contributed by atoms with van der Waals surface area (Å²) in [5, 5.41) is 3.28. The van der Waals surface area contributed by atoms with E-state index in [1.807, 2.05) is 48.5 Å². The number of carbonyl (C=O) groups excluding carboxylic acids is 1. The van der Waals surface area contributed by atoms with Crippen molar-refractivity contribution in [3.8, 4) is 0 Å². The number of rotatable bonds is 5. The zero-order valence-corrected chi connectivity index (χ0v) is 18.6. The fourth-order valence-electron chi connectivity index (χ4n) is 4.46. The molecule has 1 aliphatic carbocycles. The lowest BCUT2D eigenvalue weighted by atomic mass is 10.1. The van der Waals surface area contributed by atoms with Gasteiger partial charge in [-0.1, -0.05) is 48.0 Å². The highest BCUT2D eigenvalue weighted by Crippen LogP contribution is 2.25. The van der Waals surface area contributed by atoms with Gasteiger partial charge in [0.15, 0.2) is 0 Å². The Kier molecular flexibility index (Phi) is 5.60. The van der Waals surface area contributed by atoms with E-state index < -0.39 is 11.1 Å². The number of anilines is 1. The number of aromatic nitrogens is 2. The van der Waals surface area contributed by atoms with Crippen molar-refractivity contribution in [3.05, 3.63) is 109 Å². The van der Waals surface area contributed by atoms with E-state index >= 15 is 0 Å². The van der Waals surface area contributed by atoms with Crippen LogP contribution in [0.3, 0.4) is 0 Å². The molecule has 0 fully saturated rings. The van der Waals surface area contributed by atoms with Crippen LogP contribution < -0.4 is 16.4 Å². The lowest BCUT2D eigenvalue weighted by Gasteiger charge is -2.16. The third-order valence-electron chi connectivity index (χ3n) is 6.06. The minimum Gasteiger partial charge on any atom is -0.325 e. The molecule has 0 atom stereocenters. The standard InChI is InChI=1S/C26H22ClN3O3/c27-20-10-12-22-23(14-20)30(26(33)25(32)29(22)15-17-5-2-1-3-6-17)16-24(31)28-21-11-9-18-7-4-8-19(18)13-21/h1-3,5-6,9-14H,4,7-8,15-16H2,(H,28,31). The number of benzene rings is 3. The second kappa shape index (κ2) is 8.71. The van der Waals surface area contributed by atoms with Crippen LogP contribution in [0.15, 0.2) is 76.3 Å². The fraction of sp³-hybridized carbons (Fsp3) is 0.192. The SMILES string of the molecule is O=C(Cn1c(=O)c(=O)n(Cc2ccccc2)c2ccc(Cl)cc21)Nc1ccc2c(c1)CCC2. The Labute approximate surface area is 195 Å². The molecule has 33 heavy (non-hydrogen) atoms. The Morgan fingerprint density at radius 2 is 1.61 bits per heavy atom. The van der Waals surface area contributed by atoms with Crippen LogP contribution in [0.4, 0.5) is 5.69 Å². The van der Waals surface area contributed by atoms with Crippen molar-refractivity contribution in [2.24, 2.45) is 0 Å². The molecule has 3 aromatic carbocycles. The van der Waals surface area contributed by atoms with Gasteiger partial charge in [0.2, 0.25) is 5.91 Å². The topological polar surface area (TPSA) is 73.1 Å². The van der Waals surface area contributed by atoms with Crippen LogP contribution in [0.25, 0.3) is 11.0 Å². The minimum atomic E-state index is -0.759. The Balaban J connectivity index is 1.51. The molecule has 1 aromatic heterocycles. The maximum atomic E-state index is 13.1. The molecule has 166 valence electrons. The van der Waals surface area contributed by atoms with Gasteiger partial charge < -0.3 is 5.32 Å². The monoisotopic (exact) mass is 459 g/mol. The van der Waals surface area contributed by atoms with Gasteiger partial charge in [0.25, 0.3) is 0 Å². The summed E-state index contributed by atoms with van der Waals surface area (Å²) >= 11 is 6.21. The maximum absolute atomic E-state index is 13.1. The first-order chi connectivity index (χ1) is 16.0. The molecule has 0 saturated heterocycles. The number of hydrogen-bond acceptors (Lipinski definition) is 3. The van der Waals surface area contributed by atoms with Crippen molar-refractivity contribution in [1.82, 2.24) is 9.13 Å². The smallest absolute Gasteiger partial charge is 0.317 e. The van der Waals surface area contributed by atoms with E-state index in [4.69, 9.17) is 11.6 Å². The second-order valence-electron chi connectivity index (χ2n) is 8.29. The van der Waals surface area contributed by atoms with Gasteiger partial charge in [0.1, 0.15) is 6.54 Å². The highest BCUT2D eigenvalue weighted by atomic mass is 35.5. The van der Waals surface area contributed by atoms with Gasteiger partial charge in [0, 0.05) is 10.7 Å². The summed E-state index contributed by atoms with van der Waals surface area (Å²) in [4.78, 5) is 38.9. The van der Waals surface area contributed by atoms with Crippen LogP contribution in [-0.2, 0) is 30.7 Å². The molecule has 0 aliphatic heterocycles. The van der Waals surface area contributed by atoms with Crippen LogP contribution in [0.2, 0.25) is 5.02 Å². The summed E-state index contributed by atoms with van der Waals surface area (Å²) < 4.78 is 2.63. The molecule has 1 heterocycles. The van der Waals surface area contributed by atoms with E-state index in [1.54, 1.807) is 18.2 Å². The maximum Gasteiger partial charge on any atom is 0.317 e. The molecule has 0 spiro atoms. The summed E-state index contributed by atoms with van der Waals surface area (Å²) in [7, 11) is 0. The normalized spacial score (nSPS) is 12.6. The molecule has 5 rings (SSSR count). The van der Waals surface area contributed by atoms with Crippen molar-refractivity contribution in [2.45, 2.75) is 32.4 Å². The first-order valence-corrected chi connectivity index (χ1v) is 11.3. The van der Waals surface area contributed by atoms with E-state index in [1.165, 1.54) is 20.3 Å². The molecule has 0 saturated carbocycles. The molecule has 6 nitrogen and oxygen atoms in total. The lowest BCUT2D eigenvalue weighted by Crippen LogP contribution is -2.43. The average Bonchev–Trinajstić information content (AvgIpc) is 3.28. The van der Waals surface area contributed by atoms with Crippen molar-refractivity contribution in [1.29, 1.82) is 0 Å². The van der Waals surface area contributed by atoms with E-state index in [2.05, 4.69) is 5.32 Å². The fourth-order valence-corrected chi connectivity index (χ4v) is 4.63. The first kappa shape index (κ1) is 21.2. The Morgan fingerprint density at radius 1 is 0.848 bits per heavy atom. The third kappa shape index (κ3) is 4.22. The summed E-state index contributed by atoms with van der Waals surface area (Å²) in [6.45, 7) is -0.0383. The van der Waals surface area contributed by atoms with Gasteiger partial charge >= 0.3 is 11.1 Å². The van der Waals surface area contributed by atoms with Crippen molar-refractivity contribution in [2.75, 3.05) is 5.32 Å². The van der Waals surface area contributed by atoms with Crippen LogP contribution in [0, 0.1) is 0 Å². The predicted molar refractivity (Wildman–Crippen MR) is 130 cm³/mol. The summed E-state index contributed by atoms with van der Waals surface area (Å²) in [5.41, 5.74) is 3.67. The molecular weight excluding hydrogens is 438 g/mol. The third-order valence-corrected chi connectivity index (χ3v) is 6.29. The number of amides is 1. The van der Waals surface area contributed by atoms with Crippen LogP contribution >= 0.6 is 11.6 Å². The number of nitrogens with zero attached hydrogens (tertiary/aromatic N) is 2. The summed E-state index contributed by atoms with van der Waals surface area (Å²) in [5.74, 6) is -0.378.